The number of amides is 5. The fraction of sp³-hybridized carbons (Fsp3) is 0.486. The van der Waals surface area contributed by atoms with Gasteiger partial charge in [-0.25, -0.2) is 4.79 Å². The van der Waals surface area contributed by atoms with Gasteiger partial charge in [0, 0.05) is 19.5 Å². The van der Waals surface area contributed by atoms with Gasteiger partial charge in [-0.05, 0) is 61.8 Å². The second-order valence-electron chi connectivity index (χ2n) is 12.6. The standard InChI is InChI=1S/C35H46N6O8/c1-2-8-26(39-31(44)25(36)19-23-13-15-24(42)16-14-23)33(46)40-17-6-11-28(40)32(45)37-21-30(43)38-27(20-22-9-4-3-5-10-22)34(47)41-18-7-12-29(41)35(48)49/h3-5,9-10,13-16,25-29,42H,2,6-8,11-12,17-21,36H2,1H3,(H,37,45)(H,38,43)(H,39,44)(H,48,49)/t25-,26-,27-,28+,29+/m0/s1. The number of hydrogen-bond donors (Lipinski definition) is 6. The third-order valence-corrected chi connectivity index (χ3v) is 8.92. The molecule has 49 heavy (non-hydrogen) atoms. The van der Waals surface area contributed by atoms with Crippen LogP contribution in [0.3, 0.4) is 0 Å². The molecule has 0 aromatic heterocycles. The van der Waals surface area contributed by atoms with Crippen LogP contribution in [0.1, 0.15) is 56.6 Å². The Labute approximate surface area is 285 Å². The molecule has 14 heteroatoms. The molecule has 2 aromatic rings. The zero-order valence-electron chi connectivity index (χ0n) is 27.7. The van der Waals surface area contributed by atoms with Gasteiger partial charge in [-0.2, -0.15) is 0 Å². The number of phenolic OH excluding ortho intramolecular Hbond substituents is 1. The fourth-order valence-electron chi connectivity index (χ4n) is 6.37. The molecule has 2 heterocycles. The lowest BCUT2D eigenvalue weighted by molar-refractivity contribution is -0.149. The number of aliphatic carboxylic acids is 1. The second-order valence-corrected chi connectivity index (χ2v) is 12.6. The summed E-state index contributed by atoms with van der Waals surface area (Å²) in [5, 5.41) is 27.1. The van der Waals surface area contributed by atoms with Crippen molar-refractivity contribution in [1.29, 1.82) is 0 Å². The molecule has 0 unspecified atom stereocenters. The average molecular weight is 679 g/mol. The molecule has 5 atom stereocenters. The van der Waals surface area contributed by atoms with Crippen molar-refractivity contribution in [3.05, 3.63) is 65.7 Å². The van der Waals surface area contributed by atoms with E-state index in [1.807, 2.05) is 13.0 Å². The molecule has 0 bridgehead atoms. The maximum absolute atomic E-state index is 13.6. The Kier molecular flexibility index (Phi) is 13.1. The lowest BCUT2D eigenvalue weighted by Crippen LogP contribution is -2.57. The van der Waals surface area contributed by atoms with Crippen LogP contribution in [0.25, 0.3) is 0 Å². The summed E-state index contributed by atoms with van der Waals surface area (Å²) < 4.78 is 0. The van der Waals surface area contributed by atoms with Gasteiger partial charge in [0.05, 0.1) is 12.6 Å². The van der Waals surface area contributed by atoms with Crippen molar-refractivity contribution >= 4 is 35.5 Å². The molecular formula is C35H46N6O8. The van der Waals surface area contributed by atoms with E-state index in [2.05, 4.69) is 16.0 Å². The molecule has 0 saturated carbocycles. The van der Waals surface area contributed by atoms with Crippen LogP contribution in [-0.2, 0) is 41.6 Å². The summed E-state index contributed by atoms with van der Waals surface area (Å²) in [6, 6.07) is 10.6. The molecule has 14 nitrogen and oxygen atoms in total. The molecule has 5 amide bonds. The number of hydrogen-bond acceptors (Lipinski definition) is 8. The summed E-state index contributed by atoms with van der Waals surface area (Å²) in [6.45, 7) is 1.98. The van der Waals surface area contributed by atoms with Crippen LogP contribution in [0.15, 0.2) is 54.6 Å². The first-order valence-electron chi connectivity index (χ1n) is 16.8. The van der Waals surface area contributed by atoms with Gasteiger partial charge in [0.1, 0.15) is 29.9 Å². The molecule has 4 rings (SSSR count). The number of rotatable bonds is 15. The highest BCUT2D eigenvalue weighted by atomic mass is 16.4. The van der Waals surface area contributed by atoms with Gasteiger partial charge in [-0.15, -0.1) is 0 Å². The first kappa shape index (κ1) is 36.8. The van der Waals surface area contributed by atoms with Crippen LogP contribution in [0.5, 0.6) is 5.75 Å². The van der Waals surface area contributed by atoms with E-state index in [0.717, 1.165) is 11.1 Å². The minimum absolute atomic E-state index is 0.0933. The van der Waals surface area contributed by atoms with Gasteiger partial charge in [0.2, 0.25) is 29.5 Å². The van der Waals surface area contributed by atoms with E-state index >= 15 is 0 Å². The van der Waals surface area contributed by atoms with Crippen molar-refractivity contribution in [1.82, 2.24) is 25.8 Å². The van der Waals surface area contributed by atoms with Gasteiger partial charge in [-0.3, -0.25) is 24.0 Å². The lowest BCUT2D eigenvalue weighted by atomic mass is 10.0. The third-order valence-electron chi connectivity index (χ3n) is 8.92. The predicted octanol–water partition coefficient (Wildman–Crippen LogP) is 0.457. The Morgan fingerprint density at radius 1 is 0.816 bits per heavy atom. The summed E-state index contributed by atoms with van der Waals surface area (Å²) >= 11 is 0. The van der Waals surface area contributed by atoms with Gasteiger partial charge in [-0.1, -0.05) is 55.8 Å². The number of phenols is 1. The van der Waals surface area contributed by atoms with E-state index in [1.54, 1.807) is 36.4 Å². The lowest BCUT2D eigenvalue weighted by Gasteiger charge is -2.29. The Morgan fingerprint density at radius 3 is 2.04 bits per heavy atom. The molecule has 2 saturated heterocycles. The van der Waals surface area contributed by atoms with E-state index in [-0.39, 0.29) is 25.1 Å². The normalized spacial score (nSPS) is 19.1. The average Bonchev–Trinajstić information content (AvgIpc) is 3.79. The molecule has 2 aliphatic rings. The van der Waals surface area contributed by atoms with Crippen molar-refractivity contribution in [3.63, 3.8) is 0 Å². The van der Waals surface area contributed by atoms with E-state index in [9.17, 15) is 39.0 Å². The van der Waals surface area contributed by atoms with Gasteiger partial charge in [0.25, 0.3) is 0 Å². The monoisotopic (exact) mass is 678 g/mol. The summed E-state index contributed by atoms with van der Waals surface area (Å²) in [4.78, 5) is 80.9. The topological polar surface area (TPSA) is 211 Å². The van der Waals surface area contributed by atoms with Crippen molar-refractivity contribution in [3.8, 4) is 5.75 Å². The summed E-state index contributed by atoms with van der Waals surface area (Å²) in [5.74, 6) is -3.62. The molecule has 2 aromatic carbocycles. The number of likely N-dealkylation sites (tertiary alicyclic amines) is 2. The quantitative estimate of drug-likeness (QED) is 0.154. The number of carbonyl (C=O) groups is 6. The summed E-state index contributed by atoms with van der Waals surface area (Å²) in [7, 11) is 0. The highest BCUT2D eigenvalue weighted by molar-refractivity contribution is 5.95. The number of carboxylic acids is 1. The van der Waals surface area contributed by atoms with Crippen LogP contribution in [0, 0.1) is 0 Å². The largest absolute Gasteiger partial charge is 0.508 e. The highest BCUT2D eigenvalue weighted by Crippen LogP contribution is 2.21. The molecule has 2 aliphatic heterocycles. The maximum atomic E-state index is 13.6. The molecule has 0 radical (unpaired) electrons. The number of carboxylic acid groups (broad SMARTS) is 1. The van der Waals surface area contributed by atoms with Crippen LogP contribution < -0.4 is 21.7 Å². The number of benzene rings is 2. The highest BCUT2D eigenvalue weighted by Gasteiger charge is 2.39. The molecule has 0 spiro atoms. The van der Waals surface area contributed by atoms with Crippen molar-refractivity contribution in [2.45, 2.75) is 88.5 Å². The Bertz CT molecular complexity index is 1490. The second kappa shape index (κ2) is 17.4. The Balaban J connectivity index is 1.35. The van der Waals surface area contributed by atoms with Crippen LogP contribution in [0.2, 0.25) is 0 Å². The van der Waals surface area contributed by atoms with E-state index in [1.165, 1.54) is 21.9 Å². The van der Waals surface area contributed by atoms with Gasteiger partial charge < -0.3 is 41.7 Å². The Hall–Kier alpha value is -4.98. The van der Waals surface area contributed by atoms with Gasteiger partial charge >= 0.3 is 5.97 Å². The minimum Gasteiger partial charge on any atom is -0.508 e. The zero-order valence-corrected chi connectivity index (χ0v) is 27.7. The zero-order chi connectivity index (χ0) is 35.5. The molecule has 2 fully saturated rings. The maximum Gasteiger partial charge on any atom is 0.326 e. The molecular weight excluding hydrogens is 632 g/mol. The van der Waals surface area contributed by atoms with Crippen molar-refractivity contribution in [2.75, 3.05) is 19.6 Å². The molecule has 0 aliphatic carbocycles. The van der Waals surface area contributed by atoms with Crippen LogP contribution in [0.4, 0.5) is 0 Å². The summed E-state index contributed by atoms with van der Waals surface area (Å²) in [6.07, 6.45) is 3.04. The van der Waals surface area contributed by atoms with E-state index in [4.69, 9.17) is 5.73 Å². The SMILES string of the molecule is CCC[C@H](NC(=O)[C@@H](N)Cc1ccc(O)cc1)C(=O)N1CCC[C@@H]1C(=O)NCC(=O)N[C@@H](Cc1ccccc1)C(=O)N1CCC[C@@H]1C(=O)O. The number of nitrogens with two attached hydrogens (primary N) is 1. The van der Waals surface area contributed by atoms with Crippen LogP contribution >= 0.6 is 0 Å². The number of carbonyl (C=O) groups excluding carboxylic acids is 5. The van der Waals surface area contributed by atoms with Gasteiger partial charge in [0.15, 0.2) is 0 Å². The minimum atomic E-state index is -1.10. The summed E-state index contributed by atoms with van der Waals surface area (Å²) in [5.41, 5.74) is 7.64. The Morgan fingerprint density at radius 2 is 1.41 bits per heavy atom. The first-order chi connectivity index (χ1) is 23.5. The number of nitrogens with one attached hydrogen (secondary N) is 3. The molecule has 7 N–H and O–H groups in total. The third kappa shape index (κ3) is 10.0. The predicted molar refractivity (Wildman–Crippen MR) is 179 cm³/mol. The van der Waals surface area contributed by atoms with Crippen LogP contribution in [-0.4, -0.2) is 105 Å². The fourth-order valence-corrected chi connectivity index (χ4v) is 6.37. The van der Waals surface area contributed by atoms with E-state index < -0.39 is 72.3 Å². The van der Waals surface area contributed by atoms with Crippen molar-refractivity contribution in [2.24, 2.45) is 5.73 Å². The number of nitrogens with zero attached hydrogens (tertiary/aromatic N) is 2. The smallest absolute Gasteiger partial charge is 0.326 e. The van der Waals surface area contributed by atoms with E-state index in [0.29, 0.717) is 45.1 Å². The number of aromatic hydroxyl groups is 1. The first-order valence-corrected chi connectivity index (χ1v) is 16.8. The molecule has 264 valence electrons. The van der Waals surface area contributed by atoms with Crippen molar-refractivity contribution < 1.29 is 39.0 Å².